The Morgan fingerprint density at radius 3 is 2.83 bits per heavy atom. The first-order valence-corrected chi connectivity index (χ1v) is 6.33. The molecule has 0 saturated carbocycles. The summed E-state index contributed by atoms with van der Waals surface area (Å²) in [5.74, 6) is 0.0655. The predicted molar refractivity (Wildman–Crippen MR) is 75.1 cm³/mol. The number of hydrogen-bond acceptors (Lipinski definition) is 3. The molecule has 1 atom stereocenters. The first-order chi connectivity index (χ1) is 8.51. The number of carbonyl (C=O) groups is 1. The molecular formula is C14H23N3O. The van der Waals surface area contributed by atoms with Gasteiger partial charge in [-0.05, 0) is 38.1 Å². The quantitative estimate of drug-likeness (QED) is 0.753. The van der Waals surface area contributed by atoms with Gasteiger partial charge < -0.3 is 11.1 Å². The maximum absolute atomic E-state index is 11.7. The molecule has 1 rings (SSSR count). The third-order valence-electron chi connectivity index (χ3n) is 2.84. The Labute approximate surface area is 109 Å². The first kappa shape index (κ1) is 14.5. The van der Waals surface area contributed by atoms with Crippen molar-refractivity contribution in [1.29, 1.82) is 0 Å². The van der Waals surface area contributed by atoms with Crippen LogP contribution in [0.25, 0.3) is 0 Å². The van der Waals surface area contributed by atoms with Crippen LogP contribution >= 0.6 is 0 Å². The lowest BCUT2D eigenvalue weighted by Crippen LogP contribution is -2.39. The van der Waals surface area contributed by atoms with Gasteiger partial charge in [-0.25, -0.2) is 0 Å². The van der Waals surface area contributed by atoms with E-state index in [1.54, 1.807) is 0 Å². The van der Waals surface area contributed by atoms with Crippen LogP contribution < -0.4 is 11.1 Å². The van der Waals surface area contributed by atoms with Gasteiger partial charge in [0.2, 0.25) is 5.91 Å². The lowest BCUT2D eigenvalue weighted by molar-refractivity contribution is -0.122. The molecule has 0 aliphatic heterocycles. The highest BCUT2D eigenvalue weighted by atomic mass is 16.2. The van der Waals surface area contributed by atoms with E-state index in [0.717, 1.165) is 24.2 Å². The van der Waals surface area contributed by atoms with Crippen molar-refractivity contribution in [3.63, 3.8) is 0 Å². The van der Waals surface area contributed by atoms with Crippen LogP contribution in [0.15, 0.2) is 24.3 Å². The molecule has 0 aromatic heterocycles. The highest BCUT2D eigenvalue weighted by Gasteiger charge is 2.09. The van der Waals surface area contributed by atoms with Gasteiger partial charge in [0.25, 0.3) is 0 Å². The van der Waals surface area contributed by atoms with Gasteiger partial charge in [0.1, 0.15) is 0 Å². The molecule has 3 N–H and O–H groups in total. The molecule has 0 heterocycles. The molecule has 100 valence electrons. The number of anilines is 1. The molecule has 1 aromatic rings. The van der Waals surface area contributed by atoms with E-state index < -0.39 is 0 Å². The number of rotatable bonds is 6. The Bertz CT molecular complexity index is 392. The number of hydrogen-bond donors (Lipinski definition) is 2. The van der Waals surface area contributed by atoms with Crippen LogP contribution in [0.1, 0.15) is 25.8 Å². The molecule has 0 bridgehead atoms. The summed E-state index contributed by atoms with van der Waals surface area (Å²) >= 11 is 0. The Balaban J connectivity index is 2.42. The predicted octanol–water partition coefficient (Wildman–Crippen LogP) is 1.62. The van der Waals surface area contributed by atoms with Crippen LogP contribution in [0.2, 0.25) is 0 Å². The molecule has 0 aliphatic carbocycles. The zero-order chi connectivity index (χ0) is 13.5. The van der Waals surface area contributed by atoms with Crippen molar-refractivity contribution < 1.29 is 4.79 Å². The van der Waals surface area contributed by atoms with Gasteiger partial charge in [0.05, 0.1) is 6.54 Å². The highest BCUT2D eigenvalue weighted by Crippen LogP contribution is 2.08. The SMILES string of the molecule is CCC(C)NC(=O)CN(C)Cc1cccc(N)c1. The lowest BCUT2D eigenvalue weighted by Gasteiger charge is -2.18. The van der Waals surface area contributed by atoms with Crippen molar-refractivity contribution in [3.8, 4) is 0 Å². The summed E-state index contributed by atoms with van der Waals surface area (Å²) in [6, 6.07) is 7.97. The number of likely N-dealkylation sites (N-methyl/N-ethyl adjacent to an activating group) is 1. The summed E-state index contributed by atoms with van der Waals surface area (Å²) in [5.41, 5.74) is 7.60. The second-order valence-corrected chi connectivity index (χ2v) is 4.79. The van der Waals surface area contributed by atoms with Gasteiger partial charge in [0.15, 0.2) is 0 Å². The fourth-order valence-corrected chi connectivity index (χ4v) is 1.73. The van der Waals surface area contributed by atoms with Crippen molar-refractivity contribution >= 4 is 11.6 Å². The summed E-state index contributed by atoms with van der Waals surface area (Å²) in [4.78, 5) is 13.7. The Kier molecular flexibility index (Phi) is 5.65. The number of nitrogens with one attached hydrogen (secondary N) is 1. The molecule has 1 aromatic carbocycles. The summed E-state index contributed by atoms with van der Waals surface area (Å²) in [6.07, 6.45) is 0.949. The smallest absolute Gasteiger partial charge is 0.234 e. The Hall–Kier alpha value is -1.55. The Morgan fingerprint density at radius 2 is 2.22 bits per heavy atom. The van der Waals surface area contributed by atoms with Gasteiger partial charge in [-0.15, -0.1) is 0 Å². The van der Waals surface area contributed by atoms with E-state index in [1.165, 1.54) is 0 Å². The average Bonchev–Trinajstić information content (AvgIpc) is 2.28. The molecule has 18 heavy (non-hydrogen) atoms. The molecule has 0 radical (unpaired) electrons. The van der Waals surface area contributed by atoms with E-state index in [2.05, 4.69) is 12.2 Å². The van der Waals surface area contributed by atoms with Crippen molar-refractivity contribution in [2.24, 2.45) is 0 Å². The van der Waals surface area contributed by atoms with Crippen LogP contribution in [0, 0.1) is 0 Å². The first-order valence-electron chi connectivity index (χ1n) is 6.33. The third kappa shape index (κ3) is 5.19. The second-order valence-electron chi connectivity index (χ2n) is 4.79. The number of nitrogens with two attached hydrogens (primary N) is 1. The molecule has 0 aliphatic rings. The summed E-state index contributed by atoms with van der Waals surface area (Å²) < 4.78 is 0. The number of nitrogens with zero attached hydrogens (tertiary/aromatic N) is 1. The fraction of sp³-hybridized carbons (Fsp3) is 0.500. The molecule has 1 unspecified atom stereocenters. The van der Waals surface area contributed by atoms with Crippen LogP contribution in [0.5, 0.6) is 0 Å². The van der Waals surface area contributed by atoms with E-state index in [0.29, 0.717) is 6.54 Å². The van der Waals surface area contributed by atoms with Gasteiger partial charge >= 0.3 is 0 Å². The van der Waals surface area contributed by atoms with Gasteiger partial charge in [-0.1, -0.05) is 19.1 Å². The summed E-state index contributed by atoms with van der Waals surface area (Å²) in [5, 5.41) is 2.95. The van der Waals surface area contributed by atoms with E-state index in [-0.39, 0.29) is 11.9 Å². The number of carbonyl (C=O) groups excluding carboxylic acids is 1. The summed E-state index contributed by atoms with van der Waals surface area (Å²) in [6.45, 7) is 5.19. The molecule has 4 nitrogen and oxygen atoms in total. The number of benzene rings is 1. The summed E-state index contributed by atoms with van der Waals surface area (Å²) in [7, 11) is 1.93. The van der Waals surface area contributed by atoms with E-state index in [1.807, 2.05) is 43.1 Å². The van der Waals surface area contributed by atoms with Crippen LogP contribution in [0.4, 0.5) is 5.69 Å². The minimum atomic E-state index is 0.0655. The van der Waals surface area contributed by atoms with E-state index in [9.17, 15) is 4.79 Å². The van der Waals surface area contributed by atoms with Crippen LogP contribution in [0.3, 0.4) is 0 Å². The molecule has 0 fully saturated rings. The minimum absolute atomic E-state index is 0.0655. The van der Waals surface area contributed by atoms with Gasteiger partial charge in [-0.3, -0.25) is 9.69 Å². The van der Waals surface area contributed by atoms with Crippen molar-refractivity contribution in [2.45, 2.75) is 32.9 Å². The standard InChI is InChI=1S/C14H23N3O/c1-4-11(2)16-14(18)10-17(3)9-12-6-5-7-13(15)8-12/h5-8,11H,4,9-10,15H2,1-3H3,(H,16,18). The number of amides is 1. The lowest BCUT2D eigenvalue weighted by atomic mass is 10.2. The maximum atomic E-state index is 11.7. The van der Waals surface area contributed by atoms with Crippen LogP contribution in [-0.4, -0.2) is 30.4 Å². The molecule has 4 heteroatoms. The van der Waals surface area contributed by atoms with Crippen molar-refractivity contribution in [2.75, 3.05) is 19.3 Å². The third-order valence-corrected chi connectivity index (χ3v) is 2.84. The largest absolute Gasteiger partial charge is 0.399 e. The molecule has 0 spiro atoms. The Morgan fingerprint density at radius 1 is 1.50 bits per heavy atom. The monoisotopic (exact) mass is 249 g/mol. The zero-order valence-electron chi connectivity index (χ0n) is 11.4. The van der Waals surface area contributed by atoms with Gasteiger partial charge in [0, 0.05) is 18.3 Å². The molecule has 0 saturated heterocycles. The zero-order valence-corrected chi connectivity index (χ0v) is 11.4. The maximum Gasteiger partial charge on any atom is 0.234 e. The average molecular weight is 249 g/mol. The second kappa shape index (κ2) is 7.01. The number of nitrogen functional groups attached to an aromatic ring is 1. The molecular weight excluding hydrogens is 226 g/mol. The van der Waals surface area contributed by atoms with Crippen molar-refractivity contribution in [1.82, 2.24) is 10.2 Å². The molecule has 1 amide bonds. The topological polar surface area (TPSA) is 58.4 Å². The fourth-order valence-electron chi connectivity index (χ4n) is 1.73. The normalized spacial score (nSPS) is 12.4. The van der Waals surface area contributed by atoms with Crippen LogP contribution in [-0.2, 0) is 11.3 Å². The highest BCUT2D eigenvalue weighted by molar-refractivity contribution is 5.78. The van der Waals surface area contributed by atoms with Crippen molar-refractivity contribution in [3.05, 3.63) is 29.8 Å². The minimum Gasteiger partial charge on any atom is -0.399 e. The van der Waals surface area contributed by atoms with E-state index >= 15 is 0 Å². The van der Waals surface area contributed by atoms with E-state index in [4.69, 9.17) is 5.73 Å². The van der Waals surface area contributed by atoms with Gasteiger partial charge in [-0.2, -0.15) is 0 Å².